The van der Waals surface area contributed by atoms with Crippen LogP contribution in [0, 0.1) is 6.92 Å². The lowest BCUT2D eigenvalue weighted by Crippen LogP contribution is -2.06. The number of ether oxygens (including phenoxy) is 1. The lowest BCUT2D eigenvalue weighted by Gasteiger charge is -2.10. The predicted molar refractivity (Wildman–Crippen MR) is 74.3 cm³/mol. The summed E-state index contributed by atoms with van der Waals surface area (Å²) in [5, 5.41) is 4.33. The first-order chi connectivity index (χ1) is 8.63. The summed E-state index contributed by atoms with van der Waals surface area (Å²) < 4.78 is 8.64. The molecule has 1 heterocycles. The molecule has 1 aromatic carbocycles. The van der Waals surface area contributed by atoms with Gasteiger partial charge in [0.05, 0.1) is 15.9 Å². The lowest BCUT2D eigenvalue weighted by molar-refractivity contribution is 0.291. The van der Waals surface area contributed by atoms with E-state index in [0.29, 0.717) is 13.2 Å². The number of rotatable bonds is 4. The number of benzene rings is 1. The van der Waals surface area contributed by atoms with Crippen LogP contribution in [0.5, 0.6) is 5.75 Å². The van der Waals surface area contributed by atoms with E-state index in [4.69, 9.17) is 10.5 Å². The van der Waals surface area contributed by atoms with E-state index in [2.05, 4.69) is 21.0 Å². The molecule has 0 saturated carbocycles. The fraction of sp³-hybridized carbons (Fsp3) is 0.308. The predicted octanol–water partition coefficient (Wildman–Crippen LogP) is 2.53. The van der Waals surface area contributed by atoms with Gasteiger partial charge in [-0.15, -0.1) is 0 Å². The van der Waals surface area contributed by atoms with Crippen molar-refractivity contribution in [3.05, 3.63) is 45.7 Å². The average molecular weight is 310 g/mol. The molecule has 96 valence electrons. The van der Waals surface area contributed by atoms with Gasteiger partial charge in [0.2, 0.25) is 0 Å². The van der Waals surface area contributed by atoms with E-state index in [1.807, 2.05) is 42.9 Å². The van der Waals surface area contributed by atoms with Crippen molar-refractivity contribution in [1.82, 2.24) is 9.78 Å². The minimum Gasteiger partial charge on any atom is -0.487 e. The van der Waals surface area contributed by atoms with Gasteiger partial charge in [-0.3, -0.25) is 4.68 Å². The molecular weight excluding hydrogens is 294 g/mol. The molecule has 2 aromatic rings. The van der Waals surface area contributed by atoms with E-state index in [9.17, 15) is 0 Å². The van der Waals surface area contributed by atoms with Gasteiger partial charge in [0.25, 0.3) is 0 Å². The minimum atomic E-state index is 0.467. The van der Waals surface area contributed by atoms with Crippen LogP contribution in [0.4, 0.5) is 0 Å². The van der Waals surface area contributed by atoms with Crippen LogP contribution < -0.4 is 10.5 Å². The smallest absolute Gasteiger partial charge is 0.131 e. The maximum Gasteiger partial charge on any atom is 0.131 e. The molecule has 0 aliphatic heterocycles. The number of hydrogen-bond donors (Lipinski definition) is 1. The summed E-state index contributed by atoms with van der Waals surface area (Å²) >= 11 is 3.52. The summed E-state index contributed by atoms with van der Waals surface area (Å²) in [5.74, 6) is 0.825. The van der Waals surface area contributed by atoms with Crippen molar-refractivity contribution in [2.45, 2.75) is 20.1 Å². The highest BCUT2D eigenvalue weighted by Crippen LogP contribution is 2.23. The molecule has 0 bridgehead atoms. The molecule has 0 fully saturated rings. The van der Waals surface area contributed by atoms with E-state index in [-0.39, 0.29) is 0 Å². The van der Waals surface area contributed by atoms with Gasteiger partial charge in [0.1, 0.15) is 12.4 Å². The second-order valence-corrected chi connectivity index (χ2v) is 4.86. The van der Waals surface area contributed by atoms with E-state index in [0.717, 1.165) is 27.2 Å². The van der Waals surface area contributed by atoms with E-state index < -0.39 is 0 Å². The molecule has 4 nitrogen and oxygen atoms in total. The number of aromatic nitrogens is 2. The molecule has 0 unspecified atom stereocenters. The molecular formula is C13H16BrN3O. The highest BCUT2D eigenvalue weighted by Gasteiger charge is 2.11. The summed E-state index contributed by atoms with van der Waals surface area (Å²) in [4.78, 5) is 0. The molecule has 0 amide bonds. The number of aryl methyl sites for hydroxylation is 2. The Balaban J connectivity index is 2.16. The number of halogens is 1. The van der Waals surface area contributed by atoms with Gasteiger partial charge < -0.3 is 10.5 Å². The van der Waals surface area contributed by atoms with Crippen molar-refractivity contribution in [1.29, 1.82) is 0 Å². The van der Waals surface area contributed by atoms with Gasteiger partial charge in [-0.25, -0.2) is 0 Å². The van der Waals surface area contributed by atoms with Crippen LogP contribution in [0.15, 0.2) is 28.7 Å². The van der Waals surface area contributed by atoms with E-state index in [1.165, 1.54) is 0 Å². The summed E-state index contributed by atoms with van der Waals surface area (Å²) in [6.45, 7) is 2.90. The van der Waals surface area contributed by atoms with Crippen LogP contribution in [-0.4, -0.2) is 9.78 Å². The topological polar surface area (TPSA) is 53.1 Å². The fourth-order valence-corrected chi connectivity index (χ4v) is 2.25. The van der Waals surface area contributed by atoms with Gasteiger partial charge in [-0.05, 0) is 28.9 Å². The number of para-hydroxylation sites is 1. The maximum atomic E-state index is 5.82. The van der Waals surface area contributed by atoms with Crippen LogP contribution in [-0.2, 0) is 20.2 Å². The third-order valence-corrected chi connectivity index (χ3v) is 3.85. The Morgan fingerprint density at radius 2 is 2.11 bits per heavy atom. The summed E-state index contributed by atoms with van der Waals surface area (Å²) in [5.41, 5.74) is 8.66. The Morgan fingerprint density at radius 3 is 2.72 bits per heavy atom. The Labute approximate surface area is 115 Å². The Kier molecular flexibility index (Phi) is 4.04. The largest absolute Gasteiger partial charge is 0.487 e. The Morgan fingerprint density at radius 1 is 1.39 bits per heavy atom. The molecule has 5 heteroatoms. The molecule has 0 saturated heterocycles. The summed E-state index contributed by atoms with van der Waals surface area (Å²) in [6, 6.07) is 7.80. The van der Waals surface area contributed by atoms with Gasteiger partial charge in [0.15, 0.2) is 0 Å². The quantitative estimate of drug-likeness (QED) is 0.944. The number of hydrogen-bond acceptors (Lipinski definition) is 3. The van der Waals surface area contributed by atoms with Gasteiger partial charge in [0, 0.05) is 19.2 Å². The SMILES string of the molecule is Cc1nn(C)c(COc2ccccc2CN)c1Br. The zero-order valence-corrected chi connectivity index (χ0v) is 12.1. The van der Waals surface area contributed by atoms with Crippen LogP contribution in [0.3, 0.4) is 0 Å². The maximum absolute atomic E-state index is 5.82. The Hall–Kier alpha value is -1.33. The van der Waals surface area contributed by atoms with Crippen molar-refractivity contribution in [2.75, 3.05) is 0 Å². The first-order valence-corrected chi connectivity index (χ1v) is 6.51. The third kappa shape index (κ3) is 2.57. The average Bonchev–Trinajstić information content (AvgIpc) is 2.62. The van der Waals surface area contributed by atoms with Crippen molar-refractivity contribution in [3.63, 3.8) is 0 Å². The third-order valence-electron chi connectivity index (χ3n) is 2.82. The number of nitrogens with two attached hydrogens (primary N) is 1. The zero-order chi connectivity index (χ0) is 13.1. The molecule has 2 N–H and O–H groups in total. The molecule has 0 radical (unpaired) electrons. The zero-order valence-electron chi connectivity index (χ0n) is 10.5. The van der Waals surface area contributed by atoms with Crippen LogP contribution in [0.25, 0.3) is 0 Å². The van der Waals surface area contributed by atoms with E-state index in [1.54, 1.807) is 0 Å². The normalized spacial score (nSPS) is 10.7. The molecule has 0 spiro atoms. The molecule has 2 rings (SSSR count). The first kappa shape index (κ1) is 13.1. The van der Waals surface area contributed by atoms with Crippen LogP contribution in [0.2, 0.25) is 0 Å². The second-order valence-electron chi connectivity index (χ2n) is 4.07. The van der Waals surface area contributed by atoms with E-state index >= 15 is 0 Å². The second kappa shape index (κ2) is 5.54. The fourth-order valence-electron chi connectivity index (χ4n) is 1.80. The number of nitrogens with zero attached hydrogens (tertiary/aromatic N) is 2. The molecule has 1 aromatic heterocycles. The van der Waals surface area contributed by atoms with Crippen molar-refractivity contribution in [3.8, 4) is 5.75 Å². The lowest BCUT2D eigenvalue weighted by atomic mass is 10.2. The van der Waals surface area contributed by atoms with Crippen molar-refractivity contribution >= 4 is 15.9 Å². The van der Waals surface area contributed by atoms with Gasteiger partial charge in [-0.1, -0.05) is 18.2 Å². The first-order valence-electron chi connectivity index (χ1n) is 5.72. The highest BCUT2D eigenvalue weighted by atomic mass is 79.9. The van der Waals surface area contributed by atoms with Gasteiger partial charge in [-0.2, -0.15) is 5.10 Å². The summed E-state index contributed by atoms with van der Waals surface area (Å²) in [7, 11) is 1.91. The molecule has 0 aliphatic rings. The van der Waals surface area contributed by atoms with Crippen molar-refractivity contribution in [2.24, 2.45) is 12.8 Å². The van der Waals surface area contributed by atoms with Crippen LogP contribution >= 0.6 is 15.9 Å². The van der Waals surface area contributed by atoms with Crippen molar-refractivity contribution < 1.29 is 4.74 Å². The molecule has 0 aliphatic carbocycles. The minimum absolute atomic E-state index is 0.467. The molecule has 18 heavy (non-hydrogen) atoms. The van der Waals surface area contributed by atoms with Gasteiger partial charge >= 0.3 is 0 Å². The highest BCUT2D eigenvalue weighted by molar-refractivity contribution is 9.10. The van der Waals surface area contributed by atoms with Crippen LogP contribution in [0.1, 0.15) is 17.0 Å². The Bertz CT molecular complexity index is 551. The standard InChI is InChI=1S/C13H16BrN3O/c1-9-13(14)11(17(2)16-9)8-18-12-6-4-3-5-10(12)7-15/h3-6H,7-8,15H2,1-2H3. The summed E-state index contributed by atoms with van der Waals surface area (Å²) in [6.07, 6.45) is 0. The monoisotopic (exact) mass is 309 g/mol. The molecule has 0 atom stereocenters.